The number of hydrogen-bond donors (Lipinski definition) is 4. The highest BCUT2D eigenvalue weighted by molar-refractivity contribution is 5.91. The third-order valence-electron chi connectivity index (χ3n) is 3.63. The summed E-state index contributed by atoms with van der Waals surface area (Å²) in [5, 5.41) is 11.8. The summed E-state index contributed by atoms with van der Waals surface area (Å²) in [6.07, 6.45) is 1.39. The molecule has 0 atom stereocenters. The zero-order chi connectivity index (χ0) is 21.3. The Balaban J connectivity index is 1.47. The smallest absolute Gasteiger partial charge is 0.343 e. The molecule has 11 nitrogen and oxygen atoms in total. The molecular weight excluding hydrogens is 392 g/mol. The Morgan fingerprint density at radius 3 is 2.50 bits per heavy atom. The zero-order valence-corrected chi connectivity index (χ0v) is 15.4. The van der Waals surface area contributed by atoms with Crippen LogP contribution in [-0.4, -0.2) is 39.8 Å². The molecule has 0 fully saturated rings. The minimum absolute atomic E-state index is 0.200. The van der Waals surface area contributed by atoms with Crippen LogP contribution in [-0.2, 0) is 4.79 Å². The first-order valence-corrected chi connectivity index (χ1v) is 8.63. The van der Waals surface area contributed by atoms with Crippen molar-refractivity contribution in [2.75, 3.05) is 11.9 Å². The quantitative estimate of drug-likeness (QED) is 0.189. The molecule has 0 radical (unpaired) electrons. The highest BCUT2D eigenvalue weighted by atomic mass is 16.5. The summed E-state index contributed by atoms with van der Waals surface area (Å²) in [7, 11) is 0. The number of carbonyl (C=O) groups excluding carboxylic acids is 2. The Morgan fingerprint density at radius 1 is 1.07 bits per heavy atom. The van der Waals surface area contributed by atoms with E-state index in [1.54, 1.807) is 54.6 Å². The van der Waals surface area contributed by atoms with E-state index in [4.69, 9.17) is 4.74 Å². The Kier molecular flexibility index (Phi) is 6.46. The van der Waals surface area contributed by atoms with Crippen molar-refractivity contribution in [3.63, 3.8) is 0 Å². The van der Waals surface area contributed by atoms with Gasteiger partial charge in [-0.05, 0) is 42.0 Å². The lowest BCUT2D eigenvalue weighted by atomic mass is 10.2. The van der Waals surface area contributed by atoms with Crippen molar-refractivity contribution in [3.8, 4) is 5.75 Å². The number of nitrogens with one attached hydrogen (secondary N) is 4. The predicted molar refractivity (Wildman–Crippen MR) is 108 cm³/mol. The van der Waals surface area contributed by atoms with Crippen LogP contribution in [0.4, 0.5) is 5.82 Å². The first-order chi connectivity index (χ1) is 14.5. The number of hydrogen-bond acceptors (Lipinski definition) is 8. The van der Waals surface area contributed by atoms with E-state index in [1.165, 1.54) is 6.21 Å². The van der Waals surface area contributed by atoms with E-state index in [0.717, 1.165) is 0 Å². The van der Waals surface area contributed by atoms with E-state index in [2.05, 4.69) is 20.9 Å². The number of benzene rings is 2. The molecule has 0 aliphatic carbocycles. The van der Waals surface area contributed by atoms with Crippen LogP contribution >= 0.6 is 0 Å². The fourth-order valence-corrected chi connectivity index (χ4v) is 2.21. The Hall–Kier alpha value is -4.54. The standard InChI is InChI=1S/C19H16N6O5/c26-15(11-20-16-17(27)22-19(29)25-24-16)23-21-10-12-6-8-14(9-7-12)30-18(28)13-4-2-1-3-5-13/h1-10H,11H2,(H,20,24)(H,23,26)(H2,22,25,27,29)/b21-10+. The number of aromatic amines is 2. The van der Waals surface area contributed by atoms with Crippen LogP contribution in [0, 0.1) is 0 Å². The van der Waals surface area contributed by atoms with Crippen molar-refractivity contribution in [2.45, 2.75) is 0 Å². The SMILES string of the molecule is O=C(CNc1n[nH]c(=O)[nH]c1=O)N/N=C/c1ccc(OC(=O)c2ccccc2)cc1. The fraction of sp³-hybridized carbons (Fsp3) is 0.0526. The molecule has 0 bridgehead atoms. The normalized spacial score (nSPS) is 10.5. The second-order valence-corrected chi connectivity index (χ2v) is 5.83. The van der Waals surface area contributed by atoms with Gasteiger partial charge in [0.15, 0.2) is 0 Å². The van der Waals surface area contributed by atoms with Gasteiger partial charge in [0.05, 0.1) is 18.3 Å². The second kappa shape index (κ2) is 9.59. The average Bonchev–Trinajstić information content (AvgIpc) is 2.75. The summed E-state index contributed by atoms with van der Waals surface area (Å²) >= 11 is 0. The number of esters is 1. The van der Waals surface area contributed by atoms with E-state index in [9.17, 15) is 19.2 Å². The number of aromatic nitrogens is 3. The van der Waals surface area contributed by atoms with Crippen LogP contribution in [0.2, 0.25) is 0 Å². The Morgan fingerprint density at radius 2 is 1.80 bits per heavy atom. The minimum Gasteiger partial charge on any atom is -0.423 e. The summed E-state index contributed by atoms with van der Waals surface area (Å²) in [6, 6.07) is 15.1. The second-order valence-electron chi connectivity index (χ2n) is 5.83. The lowest BCUT2D eigenvalue weighted by molar-refractivity contribution is -0.119. The van der Waals surface area contributed by atoms with Gasteiger partial charge in [-0.25, -0.2) is 20.1 Å². The van der Waals surface area contributed by atoms with E-state index >= 15 is 0 Å². The number of carbonyl (C=O) groups is 2. The summed E-state index contributed by atoms with van der Waals surface area (Å²) < 4.78 is 5.27. The molecular formula is C19H16N6O5. The van der Waals surface area contributed by atoms with E-state index in [0.29, 0.717) is 16.9 Å². The summed E-state index contributed by atoms with van der Waals surface area (Å²) in [5.74, 6) is -0.832. The molecule has 0 aliphatic heterocycles. The summed E-state index contributed by atoms with van der Waals surface area (Å²) in [4.78, 5) is 48.0. The highest BCUT2D eigenvalue weighted by Crippen LogP contribution is 2.13. The summed E-state index contributed by atoms with van der Waals surface area (Å²) in [6.45, 7) is -0.284. The van der Waals surface area contributed by atoms with Gasteiger partial charge in [-0.15, -0.1) is 5.10 Å². The minimum atomic E-state index is -0.750. The molecule has 2 aromatic carbocycles. The van der Waals surface area contributed by atoms with Gasteiger partial charge >= 0.3 is 11.7 Å². The third kappa shape index (κ3) is 5.73. The number of hydrazone groups is 1. The van der Waals surface area contributed by atoms with Gasteiger partial charge in [-0.1, -0.05) is 18.2 Å². The zero-order valence-electron chi connectivity index (χ0n) is 15.4. The van der Waals surface area contributed by atoms with Gasteiger partial charge in [0.1, 0.15) is 5.75 Å². The molecule has 0 aliphatic rings. The number of H-pyrrole nitrogens is 2. The topological polar surface area (TPSA) is 158 Å². The lowest BCUT2D eigenvalue weighted by Gasteiger charge is -2.04. The Labute approximate surface area is 168 Å². The van der Waals surface area contributed by atoms with Crippen LogP contribution in [0.5, 0.6) is 5.75 Å². The molecule has 0 saturated heterocycles. The van der Waals surface area contributed by atoms with Crippen LogP contribution in [0.25, 0.3) is 0 Å². The molecule has 0 spiro atoms. The molecule has 3 rings (SSSR count). The van der Waals surface area contributed by atoms with Crippen LogP contribution in [0.3, 0.4) is 0 Å². The van der Waals surface area contributed by atoms with Gasteiger partial charge in [-0.3, -0.25) is 14.6 Å². The molecule has 0 unspecified atom stereocenters. The van der Waals surface area contributed by atoms with Crippen molar-refractivity contribution in [3.05, 3.63) is 86.6 Å². The Bertz CT molecular complexity index is 1170. The maximum atomic E-state index is 12.0. The van der Waals surface area contributed by atoms with Crippen LogP contribution in [0.1, 0.15) is 15.9 Å². The first-order valence-electron chi connectivity index (χ1n) is 8.63. The van der Waals surface area contributed by atoms with Gasteiger partial charge < -0.3 is 10.1 Å². The third-order valence-corrected chi connectivity index (χ3v) is 3.63. The van der Waals surface area contributed by atoms with E-state index < -0.39 is 23.1 Å². The van der Waals surface area contributed by atoms with Gasteiger partial charge in [0.25, 0.3) is 11.5 Å². The van der Waals surface area contributed by atoms with Crippen molar-refractivity contribution in [2.24, 2.45) is 5.10 Å². The molecule has 4 N–H and O–H groups in total. The molecule has 11 heteroatoms. The molecule has 0 saturated carbocycles. The fourth-order valence-electron chi connectivity index (χ4n) is 2.21. The number of ether oxygens (including phenoxy) is 1. The number of nitrogens with zero attached hydrogens (tertiary/aromatic N) is 2. The van der Waals surface area contributed by atoms with Gasteiger partial charge in [-0.2, -0.15) is 5.10 Å². The predicted octanol–water partition coefficient (Wildman–Crippen LogP) is 0.240. The van der Waals surface area contributed by atoms with Gasteiger partial charge in [0.2, 0.25) is 5.82 Å². The average molecular weight is 408 g/mol. The molecule has 1 heterocycles. The number of anilines is 1. The van der Waals surface area contributed by atoms with Crippen molar-refractivity contribution >= 4 is 23.9 Å². The number of rotatable bonds is 7. The van der Waals surface area contributed by atoms with Crippen molar-refractivity contribution in [1.82, 2.24) is 20.6 Å². The molecule has 3 aromatic rings. The highest BCUT2D eigenvalue weighted by Gasteiger charge is 2.07. The molecule has 1 amide bonds. The van der Waals surface area contributed by atoms with Crippen molar-refractivity contribution < 1.29 is 14.3 Å². The molecule has 1 aromatic heterocycles. The summed E-state index contributed by atoms with van der Waals surface area (Å²) in [5.41, 5.74) is 1.87. The van der Waals surface area contributed by atoms with Crippen molar-refractivity contribution in [1.29, 1.82) is 0 Å². The lowest BCUT2D eigenvalue weighted by Crippen LogP contribution is -2.31. The first kappa shape index (κ1) is 20.2. The van der Waals surface area contributed by atoms with E-state index in [-0.39, 0.29) is 12.4 Å². The molecule has 152 valence electrons. The van der Waals surface area contributed by atoms with E-state index in [1.807, 2.05) is 10.1 Å². The molecule has 30 heavy (non-hydrogen) atoms. The number of amides is 1. The van der Waals surface area contributed by atoms with Gasteiger partial charge in [0, 0.05) is 0 Å². The maximum absolute atomic E-state index is 12.0. The largest absolute Gasteiger partial charge is 0.423 e. The monoisotopic (exact) mass is 408 g/mol. The maximum Gasteiger partial charge on any atom is 0.343 e. The van der Waals surface area contributed by atoms with Crippen LogP contribution in [0.15, 0.2) is 69.3 Å². The van der Waals surface area contributed by atoms with Crippen LogP contribution < -0.4 is 26.7 Å².